The normalized spacial score (nSPS) is 18.9. The van der Waals surface area contributed by atoms with E-state index < -0.39 is 24.2 Å². The summed E-state index contributed by atoms with van der Waals surface area (Å²) >= 11 is 12.2. The number of anilines is 1. The molecule has 2 aromatic rings. The fourth-order valence-electron chi connectivity index (χ4n) is 3.19. The average Bonchev–Trinajstić information content (AvgIpc) is 3.07. The topological polar surface area (TPSA) is 70.9 Å². The number of hydrogen-bond acceptors (Lipinski definition) is 4. The van der Waals surface area contributed by atoms with Crippen molar-refractivity contribution in [1.82, 2.24) is 0 Å². The highest BCUT2D eigenvalue weighted by Gasteiger charge is 2.62. The van der Waals surface area contributed by atoms with Crippen molar-refractivity contribution < 1.29 is 27.9 Å². The summed E-state index contributed by atoms with van der Waals surface area (Å²) in [6, 6.07) is 6.46. The van der Waals surface area contributed by atoms with Crippen LogP contribution in [0.4, 0.5) is 18.9 Å². The Morgan fingerprint density at radius 2 is 1.86 bits per heavy atom. The van der Waals surface area contributed by atoms with Crippen LogP contribution in [0, 0.1) is 6.92 Å². The molecule has 29 heavy (non-hydrogen) atoms. The summed E-state index contributed by atoms with van der Waals surface area (Å²) in [5, 5.41) is 15.5. The first-order chi connectivity index (χ1) is 13.5. The zero-order valence-corrected chi connectivity index (χ0v) is 16.7. The lowest BCUT2D eigenvalue weighted by atomic mass is 9.86. The highest BCUT2D eigenvalue weighted by Crippen LogP contribution is 2.50. The van der Waals surface area contributed by atoms with E-state index in [0.717, 1.165) is 12.1 Å². The fourth-order valence-corrected chi connectivity index (χ4v) is 3.86. The molecule has 0 bridgehead atoms. The van der Waals surface area contributed by atoms with Crippen LogP contribution in [0.5, 0.6) is 0 Å². The first kappa shape index (κ1) is 21.3. The maximum atomic E-state index is 14.1. The molecule has 0 radical (unpaired) electrons. The van der Waals surface area contributed by atoms with E-state index in [1.54, 1.807) is 14.0 Å². The van der Waals surface area contributed by atoms with E-state index in [1.165, 1.54) is 18.2 Å². The Morgan fingerprint density at radius 1 is 1.24 bits per heavy atom. The third-order valence-corrected chi connectivity index (χ3v) is 5.33. The predicted octanol–water partition coefficient (Wildman–Crippen LogP) is 5.62. The van der Waals surface area contributed by atoms with Gasteiger partial charge in [0.1, 0.15) is 0 Å². The molecule has 1 unspecified atom stereocenters. The summed E-state index contributed by atoms with van der Waals surface area (Å²) in [5.41, 5.74) is -1.93. The van der Waals surface area contributed by atoms with Gasteiger partial charge >= 0.3 is 12.1 Å². The highest BCUT2D eigenvalue weighted by atomic mass is 35.5. The third kappa shape index (κ3) is 3.62. The van der Waals surface area contributed by atoms with Gasteiger partial charge in [-0.25, -0.2) is 4.79 Å². The first-order valence-corrected chi connectivity index (χ1v) is 9.09. The summed E-state index contributed by atoms with van der Waals surface area (Å²) in [7, 11) is 1.54. The quantitative estimate of drug-likeness (QED) is 0.638. The molecule has 3 rings (SSSR count). The monoisotopic (exact) mass is 446 g/mol. The number of rotatable bonds is 4. The standard InChI is InChI=1S/C19H15Cl2F3N2O3/c1-9-5-10(3-4-12(9)17(27)28)15-8-18(29-26-15,19(22,23)24)11-6-13(20)16(25-2)14(21)7-11/h3-7,25H,8H2,1-2H3,(H,27,28). The van der Waals surface area contributed by atoms with Crippen molar-refractivity contribution in [3.05, 3.63) is 62.6 Å². The fraction of sp³-hybridized carbons (Fsp3) is 0.263. The SMILES string of the molecule is CNc1c(Cl)cc(C2(C(F)(F)F)CC(c3ccc(C(=O)O)c(C)c3)=NO2)cc1Cl. The van der Waals surface area contributed by atoms with Crippen LogP contribution in [-0.2, 0) is 10.4 Å². The molecule has 0 spiro atoms. The van der Waals surface area contributed by atoms with Crippen molar-refractivity contribution in [3.63, 3.8) is 0 Å². The summed E-state index contributed by atoms with van der Waals surface area (Å²) in [6.07, 6.45) is -5.43. The molecule has 0 aliphatic carbocycles. The van der Waals surface area contributed by atoms with Gasteiger partial charge in [-0.05, 0) is 42.3 Å². The van der Waals surface area contributed by atoms with Gasteiger partial charge in [-0.1, -0.05) is 34.4 Å². The van der Waals surface area contributed by atoms with Crippen LogP contribution < -0.4 is 5.32 Å². The zero-order valence-electron chi connectivity index (χ0n) is 15.2. The molecule has 5 nitrogen and oxygen atoms in total. The van der Waals surface area contributed by atoms with E-state index in [0.29, 0.717) is 16.8 Å². The van der Waals surface area contributed by atoms with Crippen LogP contribution in [0.2, 0.25) is 10.0 Å². The van der Waals surface area contributed by atoms with Crippen LogP contribution in [0.15, 0.2) is 35.5 Å². The Kier molecular flexibility index (Phi) is 5.44. The van der Waals surface area contributed by atoms with Crippen LogP contribution >= 0.6 is 23.2 Å². The Hall–Kier alpha value is -2.45. The number of carboxylic acid groups (broad SMARTS) is 1. The van der Waals surface area contributed by atoms with Crippen molar-refractivity contribution >= 4 is 40.6 Å². The number of aryl methyl sites for hydroxylation is 1. The Balaban J connectivity index is 2.04. The second-order valence-corrected chi connectivity index (χ2v) is 7.34. The van der Waals surface area contributed by atoms with Crippen LogP contribution in [0.1, 0.15) is 33.5 Å². The Labute approximate surface area is 174 Å². The van der Waals surface area contributed by atoms with Gasteiger partial charge in [-0.3, -0.25) is 0 Å². The van der Waals surface area contributed by atoms with Crippen molar-refractivity contribution in [2.24, 2.45) is 5.16 Å². The van der Waals surface area contributed by atoms with Gasteiger partial charge in [0, 0.05) is 19.0 Å². The van der Waals surface area contributed by atoms with Crippen molar-refractivity contribution in [2.45, 2.75) is 25.1 Å². The lowest BCUT2D eigenvalue weighted by Gasteiger charge is -2.30. The number of benzene rings is 2. The smallest absolute Gasteiger partial charge is 0.435 e. The lowest BCUT2D eigenvalue weighted by molar-refractivity contribution is -0.275. The van der Waals surface area contributed by atoms with Crippen LogP contribution in [-0.4, -0.2) is 30.0 Å². The van der Waals surface area contributed by atoms with Gasteiger partial charge < -0.3 is 15.3 Å². The number of oxime groups is 1. The van der Waals surface area contributed by atoms with Crippen LogP contribution in [0.3, 0.4) is 0 Å². The molecule has 2 aromatic carbocycles. The molecule has 0 amide bonds. The van der Waals surface area contributed by atoms with Gasteiger partial charge in [0.05, 0.1) is 27.0 Å². The van der Waals surface area contributed by atoms with E-state index >= 15 is 0 Å². The maximum absolute atomic E-state index is 14.1. The predicted molar refractivity (Wildman–Crippen MR) is 104 cm³/mol. The number of nitrogens with one attached hydrogen (secondary N) is 1. The third-order valence-electron chi connectivity index (χ3n) is 4.73. The number of aromatic carboxylic acids is 1. The minimum Gasteiger partial charge on any atom is -0.478 e. The van der Waals surface area contributed by atoms with Crippen molar-refractivity contribution in [3.8, 4) is 0 Å². The van der Waals surface area contributed by atoms with Crippen molar-refractivity contribution in [1.29, 1.82) is 0 Å². The molecular formula is C19H15Cl2F3N2O3. The molecule has 1 aliphatic rings. The molecule has 2 N–H and O–H groups in total. The molecule has 0 aromatic heterocycles. The lowest BCUT2D eigenvalue weighted by Crippen LogP contribution is -2.42. The second kappa shape index (κ2) is 7.42. The van der Waals surface area contributed by atoms with E-state index in [-0.39, 0.29) is 26.9 Å². The molecule has 0 saturated carbocycles. The molecule has 1 heterocycles. The van der Waals surface area contributed by atoms with E-state index in [1.807, 2.05) is 0 Å². The van der Waals surface area contributed by atoms with E-state index in [4.69, 9.17) is 33.1 Å². The summed E-state index contributed by atoms with van der Waals surface area (Å²) < 4.78 is 42.3. The molecule has 10 heteroatoms. The van der Waals surface area contributed by atoms with Gasteiger partial charge in [0.15, 0.2) is 0 Å². The summed E-state index contributed by atoms with van der Waals surface area (Å²) in [6.45, 7) is 1.55. The average molecular weight is 447 g/mol. The summed E-state index contributed by atoms with van der Waals surface area (Å²) in [5.74, 6) is -1.13. The van der Waals surface area contributed by atoms with Crippen LogP contribution in [0.25, 0.3) is 0 Å². The van der Waals surface area contributed by atoms with Crippen molar-refractivity contribution in [2.75, 3.05) is 12.4 Å². The first-order valence-electron chi connectivity index (χ1n) is 8.33. The van der Waals surface area contributed by atoms with Gasteiger partial charge in [0.2, 0.25) is 0 Å². The molecule has 0 saturated heterocycles. The number of hydrogen-bond donors (Lipinski definition) is 2. The molecule has 1 atom stereocenters. The number of carboxylic acids is 1. The largest absolute Gasteiger partial charge is 0.478 e. The van der Waals surface area contributed by atoms with E-state index in [9.17, 15) is 18.0 Å². The number of alkyl halides is 3. The van der Waals surface area contributed by atoms with E-state index in [2.05, 4.69) is 10.5 Å². The molecule has 1 aliphatic heterocycles. The highest BCUT2D eigenvalue weighted by molar-refractivity contribution is 6.39. The summed E-state index contributed by atoms with van der Waals surface area (Å²) in [4.78, 5) is 16.1. The maximum Gasteiger partial charge on any atom is 0.435 e. The Bertz CT molecular complexity index is 1000. The molecule has 154 valence electrons. The van der Waals surface area contributed by atoms with Gasteiger partial charge in [-0.2, -0.15) is 13.2 Å². The minimum atomic E-state index is -4.82. The number of carbonyl (C=O) groups is 1. The Morgan fingerprint density at radius 3 is 2.34 bits per heavy atom. The molecular weight excluding hydrogens is 432 g/mol. The number of halogens is 5. The number of nitrogens with zero attached hydrogens (tertiary/aromatic N) is 1. The zero-order chi connectivity index (χ0) is 21.6. The minimum absolute atomic E-state index is 0.0114. The van der Waals surface area contributed by atoms with Gasteiger partial charge in [-0.15, -0.1) is 0 Å². The second-order valence-electron chi connectivity index (χ2n) is 6.53. The van der Waals surface area contributed by atoms with Gasteiger partial charge in [0.25, 0.3) is 5.60 Å². The molecule has 0 fully saturated rings.